The van der Waals surface area contributed by atoms with Gasteiger partial charge in [0, 0.05) is 29.2 Å². The Labute approximate surface area is 184 Å². The number of rotatable bonds is 6. The van der Waals surface area contributed by atoms with Crippen molar-refractivity contribution in [3.05, 3.63) is 89.2 Å². The molecular formula is C23H20ClN5O2. The van der Waals surface area contributed by atoms with Crippen LogP contribution in [0.15, 0.2) is 67.0 Å². The van der Waals surface area contributed by atoms with E-state index in [2.05, 4.69) is 20.3 Å². The molecule has 0 aliphatic heterocycles. The van der Waals surface area contributed by atoms with Crippen molar-refractivity contribution in [2.45, 2.75) is 20.3 Å². The number of anilines is 1. The highest BCUT2D eigenvalue weighted by molar-refractivity contribution is 6.31. The van der Waals surface area contributed by atoms with Crippen molar-refractivity contribution in [2.24, 2.45) is 0 Å². The number of nitrogens with one attached hydrogen (secondary N) is 1. The molecule has 0 unspecified atom stereocenters. The van der Waals surface area contributed by atoms with Crippen molar-refractivity contribution in [1.29, 1.82) is 0 Å². The predicted octanol–water partition coefficient (Wildman–Crippen LogP) is 4.91. The summed E-state index contributed by atoms with van der Waals surface area (Å²) < 4.78 is 7.75. The molecule has 2 aromatic heterocycles. The number of hydrogen-bond donors (Lipinski definition) is 1. The zero-order valence-electron chi connectivity index (χ0n) is 17.0. The summed E-state index contributed by atoms with van der Waals surface area (Å²) >= 11 is 6.12. The lowest BCUT2D eigenvalue weighted by atomic mass is 10.1. The summed E-state index contributed by atoms with van der Waals surface area (Å²) in [6.07, 6.45) is 3.75. The van der Waals surface area contributed by atoms with Gasteiger partial charge in [0.15, 0.2) is 0 Å². The second-order valence-corrected chi connectivity index (χ2v) is 7.31. The lowest BCUT2D eigenvalue weighted by Gasteiger charge is -2.10. The second-order valence-electron chi connectivity index (χ2n) is 6.90. The molecule has 156 valence electrons. The maximum Gasteiger partial charge on any atom is 0.228 e. The van der Waals surface area contributed by atoms with Crippen LogP contribution in [0.3, 0.4) is 0 Å². The van der Waals surface area contributed by atoms with E-state index in [1.54, 1.807) is 49.5 Å². The van der Waals surface area contributed by atoms with E-state index in [0.717, 1.165) is 11.4 Å². The third kappa shape index (κ3) is 5.07. The lowest BCUT2D eigenvalue weighted by Crippen LogP contribution is -2.14. The predicted molar refractivity (Wildman–Crippen MR) is 119 cm³/mol. The van der Waals surface area contributed by atoms with Crippen molar-refractivity contribution in [3.8, 4) is 17.4 Å². The first-order chi connectivity index (χ1) is 15.0. The molecule has 4 rings (SSSR count). The molecule has 0 aliphatic carbocycles. The van der Waals surface area contributed by atoms with E-state index in [9.17, 15) is 4.79 Å². The number of ether oxygens (including phenoxy) is 1. The molecule has 4 aromatic rings. The zero-order chi connectivity index (χ0) is 21.8. The number of amides is 1. The van der Waals surface area contributed by atoms with E-state index in [1.165, 1.54) is 0 Å². The second kappa shape index (κ2) is 8.97. The first-order valence-electron chi connectivity index (χ1n) is 9.65. The number of aryl methyl sites for hydroxylation is 2. The minimum atomic E-state index is -0.145. The van der Waals surface area contributed by atoms with Gasteiger partial charge in [-0.2, -0.15) is 4.98 Å². The molecule has 0 saturated heterocycles. The Morgan fingerprint density at radius 1 is 1.10 bits per heavy atom. The van der Waals surface area contributed by atoms with Crippen molar-refractivity contribution >= 4 is 23.2 Å². The summed E-state index contributed by atoms with van der Waals surface area (Å²) in [6.45, 7) is 3.71. The maximum atomic E-state index is 12.3. The third-order valence-corrected chi connectivity index (χ3v) is 4.91. The SMILES string of the molecule is Cc1nc(Oc2ccc(NC(=O)Cc3ccccc3Cl)cc2)cc(-n2ccnc2C)n1. The van der Waals surface area contributed by atoms with Crippen LogP contribution < -0.4 is 10.1 Å². The molecule has 0 fully saturated rings. The molecule has 2 heterocycles. The number of benzene rings is 2. The fourth-order valence-corrected chi connectivity index (χ4v) is 3.27. The molecule has 1 N–H and O–H groups in total. The number of carbonyl (C=O) groups is 1. The smallest absolute Gasteiger partial charge is 0.228 e. The van der Waals surface area contributed by atoms with Crippen molar-refractivity contribution in [1.82, 2.24) is 19.5 Å². The highest BCUT2D eigenvalue weighted by Crippen LogP contribution is 2.24. The minimum absolute atomic E-state index is 0.145. The number of halogens is 1. The Balaban J connectivity index is 1.43. The fourth-order valence-electron chi connectivity index (χ4n) is 3.07. The Hall–Kier alpha value is -3.71. The normalized spacial score (nSPS) is 10.7. The van der Waals surface area contributed by atoms with Gasteiger partial charge in [0.05, 0.1) is 6.42 Å². The summed E-state index contributed by atoms with van der Waals surface area (Å²) in [6, 6.07) is 16.1. The van der Waals surface area contributed by atoms with Crippen molar-refractivity contribution in [2.75, 3.05) is 5.32 Å². The molecule has 0 spiro atoms. The summed E-state index contributed by atoms with van der Waals surface area (Å²) in [4.78, 5) is 25.3. The Morgan fingerprint density at radius 2 is 1.87 bits per heavy atom. The number of nitrogens with zero attached hydrogens (tertiary/aromatic N) is 4. The molecule has 0 radical (unpaired) electrons. The van der Waals surface area contributed by atoms with Crippen LogP contribution in [0.2, 0.25) is 5.02 Å². The molecule has 2 aromatic carbocycles. The van der Waals surface area contributed by atoms with Gasteiger partial charge >= 0.3 is 0 Å². The molecule has 8 heteroatoms. The first-order valence-corrected chi connectivity index (χ1v) is 10.0. The van der Waals surface area contributed by atoms with E-state index >= 15 is 0 Å². The lowest BCUT2D eigenvalue weighted by molar-refractivity contribution is -0.115. The quantitative estimate of drug-likeness (QED) is 0.467. The number of carbonyl (C=O) groups excluding carboxylic acids is 1. The number of hydrogen-bond acceptors (Lipinski definition) is 5. The largest absolute Gasteiger partial charge is 0.439 e. The number of aromatic nitrogens is 4. The van der Waals surface area contributed by atoms with Crippen LogP contribution in [0.1, 0.15) is 17.2 Å². The van der Waals surface area contributed by atoms with E-state index < -0.39 is 0 Å². The summed E-state index contributed by atoms with van der Waals surface area (Å²) in [5.74, 6) is 2.96. The molecule has 7 nitrogen and oxygen atoms in total. The monoisotopic (exact) mass is 433 g/mol. The van der Waals surface area contributed by atoms with E-state index in [1.807, 2.05) is 35.9 Å². The average molecular weight is 434 g/mol. The standard InChI is InChI=1S/C23H20ClN5O2/c1-15-26-21(29-12-11-25-16(29)2)14-23(27-15)31-19-9-7-18(8-10-19)28-22(30)13-17-5-3-4-6-20(17)24/h3-12,14H,13H2,1-2H3,(H,28,30). The van der Waals surface area contributed by atoms with Gasteiger partial charge in [0.2, 0.25) is 11.8 Å². The van der Waals surface area contributed by atoms with Crippen LogP contribution in [0.4, 0.5) is 5.69 Å². The molecule has 0 saturated carbocycles. The van der Waals surface area contributed by atoms with Gasteiger partial charge in [0.1, 0.15) is 23.2 Å². The average Bonchev–Trinajstić information content (AvgIpc) is 3.17. The van der Waals surface area contributed by atoms with Crippen LogP contribution in [0.25, 0.3) is 5.82 Å². The van der Waals surface area contributed by atoms with Gasteiger partial charge in [-0.05, 0) is 49.7 Å². The van der Waals surface area contributed by atoms with Crippen molar-refractivity contribution < 1.29 is 9.53 Å². The van der Waals surface area contributed by atoms with Crippen molar-refractivity contribution in [3.63, 3.8) is 0 Å². The molecule has 31 heavy (non-hydrogen) atoms. The summed E-state index contributed by atoms with van der Waals surface area (Å²) in [5, 5.41) is 3.44. The zero-order valence-corrected chi connectivity index (χ0v) is 17.8. The van der Waals surface area contributed by atoms with Gasteiger partial charge in [-0.1, -0.05) is 29.8 Å². The van der Waals surface area contributed by atoms with Gasteiger partial charge in [0.25, 0.3) is 0 Å². The topological polar surface area (TPSA) is 81.9 Å². The molecule has 0 aliphatic rings. The summed E-state index contributed by atoms with van der Waals surface area (Å²) in [7, 11) is 0. The van der Waals surface area contributed by atoms with Crippen LogP contribution in [-0.4, -0.2) is 25.4 Å². The Kier molecular flexibility index (Phi) is 5.95. The van der Waals surface area contributed by atoms with Crippen LogP contribution in [0, 0.1) is 13.8 Å². The molecule has 1 amide bonds. The van der Waals surface area contributed by atoms with E-state index in [-0.39, 0.29) is 12.3 Å². The first kappa shape index (κ1) is 20.6. The highest BCUT2D eigenvalue weighted by Gasteiger charge is 2.10. The van der Waals surface area contributed by atoms with Crippen LogP contribution >= 0.6 is 11.6 Å². The third-order valence-electron chi connectivity index (χ3n) is 4.54. The molecule has 0 atom stereocenters. The number of imidazole rings is 1. The highest BCUT2D eigenvalue weighted by atomic mass is 35.5. The van der Waals surface area contributed by atoms with E-state index in [0.29, 0.717) is 34.0 Å². The van der Waals surface area contributed by atoms with Gasteiger partial charge in [-0.3, -0.25) is 9.36 Å². The molecule has 0 bridgehead atoms. The molecular weight excluding hydrogens is 414 g/mol. The van der Waals surface area contributed by atoms with E-state index in [4.69, 9.17) is 16.3 Å². The van der Waals surface area contributed by atoms with Gasteiger partial charge in [-0.15, -0.1) is 0 Å². The summed E-state index contributed by atoms with van der Waals surface area (Å²) in [5.41, 5.74) is 1.45. The van der Waals surface area contributed by atoms with Gasteiger partial charge in [-0.25, -0.2) is 9.97 Å². The van der Waals surface area contributed by atoms with Crippen LogP contribution in [-0.2, 0) is 11.2 Å². The maximum absolute atomic E-state index is 12.3. The Morgan fingerprint density at radius 3 is 2.58 bits per heavy atom. The van der Waals surface area contributed by atoms with Crippen LogP contribution in [0.5, 0.6) is 11.6 Å². The Bertz CT molecular complexity index is 1220. The minimum Gasteiger partial charge on any atom is -0.439 e. The fraction of sp³-hybridized carbons (Fsp3) is 0.130. The van der Waals surface area contributed by atoms with Gasteiger partial charge < -0.3 is 10.1 Å².